The number of carboxylic acid groups (broad SMARTS) is 1. The number of hydrogen-bond acceptors (Lipinski definition) is 5. The number of H-pyrrole nitrogens is 1. The van der Waals surface area contributed by atoms with Crippen LogP contribution in [0.3, 0.4) is 0 Å². The van der Waals surface area contributed by atoms with E-state index in [2.05, 4.69) is 20.6 Å². The van der Waals surface area contributed by atoms with Gasteiger partial charge in [0.25, 0.3) is 0 Å². The SMILES string of the molecule is COC1CNC(C(=O)NC(Cc2cnc[nH]2)C(=O)O)C1. The van der Waals surface area contributed by atoms with E-state index < -0.39 is 18.1 Å². The van der Waals surface area contributed by atoms with Crippen molar-refractivity contribution >= 4 is 11.9 Å². The van der Waals surface area contributed by atoms with Gasteiger partial charge in [-0.2, -0.15) is 0 Å². The van der Waals surface area contributed by atoms with E-state index in [0.717, 1.165) is 0 Å². The lowest BCUT2D eigenvalue weighted by Crippen LogP contribution is -2.49. The summed E-state index contributed by atoms with van der Waals surface area (Å²) in [5.41, 5.74) is 0.659. The molecule has 4 N–H and O–H groups in total. The molecule has 0 aliphatic carbocycles. The maximum absolute atomic E-state index is 12.0. The first-order valence-corrected chi connectivity index (χ1v) is 6.36. The molecule has 20 heavy (non-hydrogen) atoms. The van der Waals surface area contributed by atoms with Crippen molar-refractivity contribution in [2.24, 2.45) is 0 Å². The summed E-state index contributed by atoms with van der Waals surface area (Å²) in [5.74, 6) is -1.40. The Morgan fingerprint density at radius 2 is 2.45 bits per heavy atom. The standard InChI is InChI=1S/C12H18N4O4/c1-20-8-3-9(14-5-8)11(17)16-10(12(18)19)2-7-4-13-6-15-7/h4,6,8-10,14H,2-3,5H2,1H3,(H,13,15)(H,16,17)(H,18,19). The van der Waals surface area contributed by atoms with Crippen molar-refractivity contribution in [2.75, 3.05) is 13.7 Å². The molecule has 110 valence electrons. The van der Waals surface area contributed by atoms with E-state index in [0.29, 0.717) is 18.7 Å². The number of carbonyl (C=O) groups excluding carboxylic acids is 1. The zero-order valence-electron chi connectivity index (χ0n) is 11.1. The summed E-state index contributed by atoms with van der Waals surface area (Å²) in [7, 11) is 1.59. The number of hydrogen-bond donors (Lipinski definition) is 4. The van der Waals surface area contributed by atoms with Crippen molar-refractivity contribution in [3.8, 4) is 0 Å². The van der Waals surface area contributed by atoms with Gasteiger partial charge in [0.15, 0.2) is 0 Å². The maximum Gasteiger partial charge on any atom is 0.326 e. The number of aromatic amines is 1. The molecule has 0 aromatic carbocycles. The fourth-order valence-corrected chi connectivity index (χ4v) is 2.17. The van der Waals surface area contributed by atoms with Crippen LogP contribution in [0, 0.1) is 0 Å². The number of rotatable bonds is 6. The third-order valence-corrected chi connectivity index (χ3v) is 3.33. The quantitative estimate of drug-likeness (QED) is 0.526. The molecule has 1 aromatic heterocycles. The normalized spacial score (nSPS) is 23.4. The first-order chi connectivity index (χ1) is 9.60. The molecular formula is C12H18N4O4. The fourth-order valence-electron chi connectivity index (χ4n) is 2.17. The smallest absolute Gasteiger partial charge is 0.326 e. The molecule has 1 aromatic rings. The first-order valence-electron chi connectivity index (χ1n) is 6.36. The summed E-state index contributed by atoms with van der Waals surface area (Å²) in [6.45, 7) is 0.590. The van der Waals surface area contributed by atoms with Gasteiger partial charge in [-0.15, -0.1) is 0 Å². The van der Waals surface area contributed by atoms with Gasteiger partial charge in [-0.3, -0.25) is 4.79 Å². The largest absolute Gasteiger partial charge is 0.480 e. The fraction of sp³-hybridized carbons (Fsp3) is 0.583. The molecule has 1 fully saturated rings. The van der Waals surface area contributed by atoms with Gasteiger partial charge in [0, 0.05) is 32.0 Å². The van der Waals surface area contributed by atoms with Crippen molar-refractivity contribution in [3.05, 3.63) is 18.2 Å². The zero-order chi connectivity index (χ0) is 14.5. The lowest BCUT2D eigenvalue weighted by molar-refractivity contribution is -0.142. The minimum atomic E-state index is -1.07. The first kappa shape index (κ1) is 14.5. The van der Waals surface area contributed by atoms with E-state index in [1.54, 1.807) is 7.11 Å². The van der Waals surface area contributed by atoms with Gasteiger partial charge in [-0.1, -0.05) is 0 Å². The molecule has 1 aliphatic heterocycles. The van der Waals surface area contributed by atoms with Crippen LogP contribution in [-0.2, 0) is 20.7 Å². The van der Waals surface area contributed by atoms with Gasteiger partial charge in [0.2, 0.25) is 5.91 Å². The third kappa shape index (κ3) is 3.55. The Kier molecular flexibility index (Phi) is 4.70. The van der Waals surface area contributed by atoms with Crippen LogP contribution in [0.4, 0.5) is 0 Å². The van der Waals surface area contributed by atoms with Crippen molar-refractivity contribution in [2.45, 2.75) is 31.0 Å². The van der Waals surface area contributed by atoms with Crippen LogP contribution in [0.15, 0.2) is 12.5 Å². The van der Waals surface area contributed by atoms with Crippen LogP contribution < -0.4 is 10.6 Å². The van der Waals surface area contributed by atoms with Crippen LogP contribution >= 0.6 is 0 Å². The van der Waals surface area contributed by atoms with Gasteiger partial charge in [0.1, 0.15) is 6.04 Å². The number of carbonyl (C=O) groups is 2. The molecule has 0 radical (unpaired) electrons. The maximum atomic E-state index is 12.0. The van der Waals surface area contributed by atoms with E-state index in [1.165, 1.54) is 12.5 Å². The molecule has 2 heterocycles. The Hall–Kier alpha value is -1.93. The molecule has 3 atom stereocenters. The van der Waals surface area contributed by atoms with Gasteiger partial charge in [-0.25, -0.2) is 9.78 Å². The van der Waals surface area contributed by atoms with Crippen LogP contribution in [-0.4, -0.2) is 58.8 Å². The number of ether oxygens (including phenoxy) is 1. The number of imidazole rings is 1. The number of nitrogens with zero attached hydrogens (tertiary/aromatic N) is 1. The second-order valence-corrected chi connectivity index (χ2v) is 4.73. The summed E-state index contributed by atoms with van der Waals surface area (Å²) in [6, 6.07) is -1.39. The molecule has 3 unspecified atom stereocenters. The number of nitrogens with one attached hydrogen (secondary N) is 3. The lowest BCUT2D eigenvalue weighted by atomic mass is 10.1. The molecule has 1 saturated heterocycles. The Morgan fingerprint density at radius 1 is 1.65 bits per heavy atom. The minimum Gasteiger partial charge on any atom is -0.480 e. The van der Waals surface area contributed by atoms with Gasteiger partial charge >= 0.3 is 5.97 Å². The number of aliphatic carboxylic acids is 1. The molecule has 0 spiro atoms. The van der Waals surface area contributed by atoms with Crippen molar-refractivity contribution in [1.82, 2.24) is 20.6 Å². The van der Waals surface area contributed by atoms with Crippen molar-refractivity contribution in [3.63, 3.8) is 0 Å². The van der Waals surface area contributed by atoms with Gasteiger partial charge in [-0.05, 0) is 6.42 Å². The van der Waals surface area contributed by atoms with Gasteiger partial charge < -0.3 is 25.5 Å². The van der Waals surface area contributed by atoms with E-state index in [-0.39, 0.29) is 18.4 Å². The highest BCUT2D eigenvalue weighted by atomic mass is 16.5. The van der Waals surface area contributed by atoms with E-state index >= 15 is 0 Å². The zero-order valence-corrected chi connectivity index (χ0v) is 11.1. The van der Waals surface area contributed by atoms with E-state index in [4.69, 9.17) is 9.84 Å². The Morgan fingerprint density at radius 3 is 3.00 bits per heavy atom. The van der Waals surface area contributed by atoms with E-state index in [9.17, 15) is 9.59 Å². The van der Waals surface area contributed by atoms with Crippen LogP contribution in [0.1, 0.15) is 12.1 Å². The third-order valence-electron chi connectivity index (χ3n) is 3.33. The molecule has 2 rings (SSSR count). The Bertz CT molecular complexity index is 462. The highest BCUT2D eigenvalue weighted by Crippen LogP contribution is 2.10. The van der Waals surface area contributed by atoms with Crippen molar-refractivity contribution < 1.29 is 19.4 Å². The average Bonchev–Trinajstić information content (AvgIpc) is 3.08. The summed E-state index contributed by atoms with van der Waals surface area (Å²) in [6.07, 6.45) is 3.70. The number of amides is 1. The topological polar surface area (TPSA) is 116 Å². The summed E-state index contributed by atoms with van der Waals surface area (Å²) >= 11 is 0. The van der Waals surface area contributed by atoms with E-state index in [1.807, 2.05) is 0 Å². The van der Waals surface area contributed by atoms with Crippen LogP contribution in [0.2, 0.25) is 0 Å². The lowest BCUT2D eigenvalue weighted by Gasteiger charge is -2.17. The highest BCUT2D eigenvalue weighted by Gasteiger charge is 2.31. The highest BCUT2D eigenvalue weighted by molar-refractivity contribution is 5.87. The second kappa shape index (κ2) is 6.49. The van der Waals surface area contributed by atoms with Gasteiger partial charge in [0.05, 0.1) is 18.5 Å². The molecule has 1 aliphatic rings. The predicted molar refractivity (Wildman–Crippen MR) is 69.1 cm³/mol. The second-order valence-electron chi connectivity index (χ2n) is 4.73. The molecule has 8 nitrogen and oxygen atoms in total. The summed E-state index contributed by atoms with van der Waals surface area (Å²) in [4.78, 5) is 29.9. The van der Waals surface area contributed by atoms with Crippen LogP contribution in [0.25, 0.3) is 0 Å². The van der Waals surface area contributed by atoms with Crippen molar-refractivity contribution in [1.29, 1.82) is 0 Å². The average molecular weight is 282 g/mol. The molecular weight excluding hydrogens is 264 g/mol. The number of carboxylic acids is 1. The number of aromatic nitrogens is 2. The molecule has 0 bridgehead atoms. The molecule has 8 heteroatoms. The Balaban J connectivity index is 1.91. The Labute approximate surface area is 115 Å². The summed E-state index contributed by atoms with van der Waals surface area (Å²) in [5, 5.41) is 14.7. The predicted octanol–water partition coefficient (Wildman–Crippen LogP) is -1.10. The molecule has 0 saturated carbocycles. The minimum absolute atomic E-state index is 0.0124. The van der Waals surface area contributed by atoms with Crippen LogP contribution in [0.5, 0.6) is 0 Å². The summed E-state index contributed by atoms with van der Waals surface area (Å²) < 4.78 is 5.16. The molecule has 1 amide bonds. The number of methoxy groups -OCH3 is 1. The monoisotopic (exact) mass is 282 g/mol.